The Balaban J connectivity index is 2.58. The third kappa shape index (κ3) is 5.05. The number of halogens is 2. The van der Waals surface area contributed by atoms with Crippen molar-refractivity contribution in [1.82, 2.24) is 4.98 Å². The third-order valence-corrected chi connectivity index (χ3v) is 4.16. The van der Waals surface area contributed by atoms with Crippen LogP contribution in [0.25, 0.3) is 11.3 Å². The highest BCUT2D eigenvalue weighted by Gasteiger charge is 2.32. The number of aromatic nitrogens is 1. The van der Waals surface area contributed by atoms with Crippen LogP contribution < -0.4 is 10.0 Å². The molecule has 0 spiro atoms. The summed E-state index contributed by atoms with van der Waals surface area (Å²) >= 11 is 0. The topological polar surface area (TPSA) is 54.7 Å². The number of ether oxygens (including phenoxy) is 1. The molecule has 0 amide bonds. The lowest BCUT2D eigenvalue weighted by Gasteiger charge is -2.19. The molecule has 0 radical (unpaired) electrons. The van der Waals surface area contributed by atoms with Gasteiger partial charge in [-0.05, 0) is 49.3 Å². The Hall–Kier alpha value is -1.91. The van der Waals surface area contributed by atoms with Crippen LogP contribution >= 0.6 is 9.24 Å². The van der Waals surface area contributed by atoms with Gasteiger partial charge in [0.25, 0.3) is 0 Å². The molecule has 1 heterocycles. The van der Waals surface area contributed by atoms with Gasteiger partial charge in [-0.25, -0.2) is 0 Å². The van der Waals surface area contributed by atoms with Gasteiger partial charge in [0.2, 0.25) is 0 Å². The van der Waals surface area contributed by atoms with Crippen LogP contribution in [0.3, 0.4) is 0 Å². The summed E-state index contributed by atoms with van der Waals surface area (Å²) in [4.78, 5) is 8.90. The summed E-state index contributed by atoms with van der Waals surface area (Å²) in [5, 5.41) is 9.77. The summed E-state index contributed by atoms with van der Waals surface area (Å²) in [6.07, 6.45) is -0.307. The number of aliphatic imine (C=N–C) groups is 1. The highest BCUT2D eigenvalue weighted by Crippen LogP contribution is 2.39. The van der Waals surface area contributed by atoms with Crippen molar-refractivity contribution in [3.05, 3.63) is 36.0 Å². The Morgan fingerprint density at radius 2 is 2.04 bits per heavy atom. The van der Waals surface area contributed by atoms with Gasteiger partial charge in [0.15, 0.2) is 5.75 Å². The predicted octanol–water partition coefficient (Wildman–Crippen LogP) is 4.41. The molecule has 2 aromatic rings. The van der Waals surface area contributed by atoms with Crippen LogP contribution in [-0.2, 0) is 0 Å². The first-order valence-electron chi connectivity index (χ1n) is 8.34. The van der Waals surface area contributed by atoms with Crippen LogP contribution in [0.5, 0.6) is 5.75 Å². The molecule has 0 saturated heterocycles. The fourth-order valence-corrected chi connectivity index (χ4v) is 2.71. The Labute approximate surface area is 154 Å². The van der Waals surface area contributed by atoms with E-state index in [1.807, 2.05) is 26.0 Å². The Bertz CT molecular complexity index is 793. The molecule has 2 rings (SSSR count). The normalized spacial score (nSPS) is 12.3. The standard InChI is InChI=1S/C19H23F2N2O2P/c1-4-5-12(2)23-18-13(3)15(16-8-6-14(26)10-22-16)7-9-17(18)25-19(20,21)11-24/h6-10,24H,4-5,11,26H2,1-3H3. The lowest BCUT2D eigenvalue weighted by Crippen LogP contribution is -2.29. The van der Waals surface area contributed by atoms with E-state index in [0.717, 1.165) is 35.1 Å². The average Bonchev–Trinajstić information content (AvgIpc) is 2.59. The highest BCUT2D eigenvalue weighted by atomic mass is 31.0. The molecule has 0 aliphatic rings. The molecule has 0 saturated carbocycles. The van der Waals surface area contributed by atoms with Gasteiger partial charge in [-0.3, -0.25) is 9.98 Å². The van der Waals surface area contributed by atoms with Crippen LogP contribution in [0.15, 0.2) is 35.5 Å². The maximum Gasteiger partial charge on any atom is 0.421 e. The maximum atomic E-state index is 13.6. The Kier molecular flexibility index (Phi) is 6.79. The van der Waals surface area contributed by atoms with Crippen LogP contribution in [0.4, 0.5) is 14.5 Å². The first kappa shape index (κ1) is 20.4. The molecule has 1 aromatic heterocycles. The molecule has 0 fully saturated rings. The zero-order valence-corrected chi connectivity index (χ0v) is 16.2. The number of aliphatic hydroxyl groups is 1. The highest BCUT2D eigenvalue weighted by molar-refractivity contribution is 7.27. The van der Waals surface area contributed by atoms with Gasteiger partial charge < -0.3 is 9.84 Å². The van der Waals surface area contributed by atoms with Crippen molar-refractivity contribution in [2.24, 2.45) is 4.99 Å². The number of hydrogen-bond acceptors (Lipinski definition) is 4. The predicted molar refractivity (Wildman–Crippen MR) is 104 cm³/mol. The van der Waals surface area contributed by atoms with Gasteiger partial charge in [0, 0.05) is 17.5 Å². The monoisotopic (exact) mass is 380 g/mol. The molecule has 1 atom stereocenters. The summed E-state index contributed by atoms with van der Waals surface area (Å²) in [6.45, 7) is 4.27. The Morgan fingerprint density at radius 3 is 2.62 bits per heavy atom. The molecule has 1 N–H and O–H groups in total. The number of benzene rings is 1. The van der Waals surface area contributed by atoms with Gasteiger partial charge in [-0.15, -0.1) is 9.24 Å². The van der Waals surface area contributed by atoms with Crippen molar-refractivity contribution < 1.29 is 18.6 Å². The zero-order chi connectivity index (χ0) is 19.3. The lowest BCUT2D eigenvalue weighted by atomic mass is 10.0. The van der Waals surface area contributed by atoms with E-state index in [9.17, 15) is 8.78 Å². The largest absolute Gasteiger partial charge is 0.429 e. The quantitative estimate of drug-likeness (QED) is 0.572. The van der Waals surface area contributed by atoms with E-state index in [2.05, 4.69) is 19.2 Å². The number of pyridine rings is 1. The zero-order valence-electron chi connectivity index (χ0n) is 15.1. The number of aliphatic hydroxyl groups excluding tert-OH is 1. The second kappa shape index (κ2) is 8.65. The molecule has 1 aromatic carbocycles. The smallest absolute Gasteiger partial charge is 0.421 e. The second-order valence-corrected chi connectivity index (χ2v) is 6.72. The fraction of sp³-hybridized carbons (Fsp3) is 0.368. The van der Waals surface area contributed by atoms with Gasteiger partial charge in [-0.2, -0.15) is 8.78 Å². The molecule has 0 aliphatic heterocycles. The molecule has 0 bridgehead atoms. The summed E-state index contributed by atoms with van der Waals surface area (Å²) in [5.74, 6) is -0.0663. The van der Waals surface area contributed by atoms with E-state index in [1.165, 1.54) is 6.07 Å². The van der Waals surface area contributed by atoms with Gasteiger partial charge in [0.1, 0.15) is 12.3 Å². The summed E-state index contributed by atoms with van der Waals surface area (Å²) < 4.78 is 31.9. The molecule has 7 heteroatoms. The van der Waals surface area contributed by atoms with Crippen LogP contribution in [-0.4, -0.2) is 28.5 Å². The minimum atomic E-state index is -3.67. The van der Waals surface area contributed by atoms with Crippen molar-refractivity contribution >= 4 is 25.9 Å². The van der Waals surface area contributed by atoms with Crippen molar-refractivity contribution in [3.63, 3.8) is 0 Å². The lowest BCUT2D eigenvalue weighted by molar-refractivity contribution is -0.200. The van der Waals surface area contributed by atoms with Crippen LogP contribution in [0.2, 0.25) is 0 Å². The molecule has 140 valence electrons. The molecule has 0 aliphatic carbocycles. The summed E-state index contributed by atoms with van der Waals surface area (Å²) in [5.41, 5.74) is 3.35. The molecule has 4 nitrogen and oxygen atoms in total. The van der Waals surface area contributed by atoms with E-state index in [-0.39, 0.29) is 5.75 Å². The minimum absolute atomic E-state index is 0.0663. The fourth-order valence-electron chi connectivity index (χ4n) is 2.54. The third-order valence-electron chi connectivity index (χ3n) is 3.81. The summed E-state index contributed by atoms with van der Waals surface area (Å²) in [7, 11) is 2.57. The first-order chi connectivity index (χ1) is 12.3. The number of hydrogen-bond donors (Lipinski definition) is 1. The van der Waals surface area contributed by atoms with Gasteiger partial charge >= 0.3 is 6.11 Å². The SMILES string of the molecule is CCCC(C)=Nc1c(OC(F)(F)CO)ccc(-c2ccc(P)cn2)c1C. The van der Waals surface area contributed by atoms with E-state index in [0.29, 0.717) is 11.3 Å². The van der Waals surface area contributed by atoms with Crippen molar-refractivity contribution in [1.29, 1.82) is 0 Å². The first-order valence-corrected chi connectivity index (χ1v) is 8.92. The Morgan fingerprint density at radius 1 is 1.31 bits per heavy atom. The van der Waals surface area contributed by atoms with E-state index in [1.54, 1.807) is 19.2 Å². The van der Waals surface area contributed by atoms with Gasteiger partial charge in [0.05, 0.1) is 5.69 Å². The van der Waals surface area contributed by atoms with Crippen LogP contribution in [0.1, 0.15) is 32.3 Å². The molecule has 26 heavy (non-hydrogen) atoms. The maximum absolute atomic E-state index is 13.6. The number of rotatable bonds is 7. The average molecular weight is 380 g/mol. The summed E-state index contributed by atoms with van der Waals surface area (Å²) in [6, 6.07) is 6.89. The second-order valence-electron chi connectivity index (χ2n) is 6.06. The minimum Gasteiger partial charge on any atom is -0.429 e. The molecule has 1 unspecified atom stereocenters. The van der Waals surface area contributed by atoms with Crippen LogP contribution in [0, 0.1) is 6.92 Å². The molecular weight excluding hydrogens is 357 g/mol. The van der Waals surface area contributed by atoms with Crippen molar-refractivity contribution in [3.8, 4) is 17.0 Å². The molecular formula is C19H23F2N2O2P. The van der Waals surface area contributed by atoms with E-state index < -0.39 is 12.7 Å². The van der Waals surface area contributed by atoms with Crippen molar-refractivity contribution in [2.45, 2.75) is 39.7 Å². The number of alkyl halides is 2. The van der Waals surface area contributed by atoms with E-state index in [4.69, 9.17) is 9.84 Å². The van der Waals surface area contributed by atoms with Crippen molar-refractivity contribution in [2.75, 3.05) is 6.61 Å². The number of nitrogens with zero attached hydrogens (tertiary/aromatic N) is 2. The van der Waals surface area contributed by atoms with E-state index >= 15 is 0 Å². The van der Waals surface area contributed by atoms with Gasteiger partial charge in [-0.1, -0.05) is 19.4 Å².